The molecule has 1 aromatic carbocycles. The Morgan fingerprint density at radius 2 is 2.18 bits per heavy atom. The van der Waals surface area contributed by atoms with Gasteiger partial charge >= 0.3 is 0 Å². The Hall–Kier alpha value is -1.55. The highest BCUT2D eigenvalue weighted by Crippen LogP contribution is 2.24. The topological polar surface area (TPSA) is 69.6 Å². The van der Waals surface area contributed by atoms with E-state index in [-0.39, 0.29) is 17.0 Å². The first-order valence-electron chi connectivity index (χ1n) is 2.97. The fourth-order valence-electron chi connectivity index (χ4n) is 0.747. The van der Waals surface area contributed by atoms with Crippen molar-refractivity contribution >= 4 is 12.0 Å². The van der Waals surface area contributed by atoms with Gasteiger partial charge < -0.3 is 5.11 Å². The number of rotatable bonds is 2. The lowest BCUT2D eigenvalue weighted by molar-refractivity contribution is 0.112. The molecule has 0 bridgehead atoms. The van der Waals surface area contributed by atoms with Crippen molar-refractivity contribution in [3.8, 4) is 5.75 Å². The molecule has 4 nitrogen and oxygen atoms in total. The Balaban J connectivity index is 3.20. The van der Waals surface area contributed by atoms with Crippen LogP contribution in [-0.2, 0) is 0 Å². The summed E-state index contributed by atoms with van der Waals surface area (Å²) in [6.07, 6.45) is 0.510. The van der Waals surface area contributed by atoms with Gasteiger partial charge in [0.25, 0.3) is 0 Å². The molecule has 0 aromatic heterocycles. The molecule has 0 amide bonds. The van der Waals surface area contributed by atoms with Gasteiger partial charge in [-0.3, -0.25) is 15.5 Å². The number of carbonyl (C=O) groups is 1. The van der Waals surface area contributed by atoms with E-state index in [4.69, 9.17) is 10.3 Å². The predicted molar refractivity (Wildman–Crippen MR) is 38.9 cm³/mol. The Morgan fingerprint density at radius 1 is 1.45 bits per heavy atom. The molecule has 0 spiro atoms. The van der Waals surface area contributed by atoms with Gasteiger partial charge in [0.1, 0.15) is 5.69 Å². The molecule has 0 fully saturated rings. The maximum absolute atomic E-state index is 10.2. The lowest BCUT2D eigenvalue weighted by Gasteiger charge is -2.02. The number of benzene rings is 1. The van der Waals surface area contributed by atoms with Crippen molar-refractivity contribution < 1.29 is 15.1 Å². The van der Waals surface area contributed by atoms with Crippen molar-refractivity contribution in [1.82, 2.24) is 0 Å². The van der Waals surface area contributed by atoms with Crippen molar-refractivity contribution in [3.63, 3.8) is 0 Å². The molecule has 0 aliphatic carbocycles. The predicted octanol–water partition coefficient (Wildman–Crippen LogP) is 1.01. The van der Waals surface area contributed by atoms with Gasteiger partial charge in [0, 0.05) is 0 Å². The maximum Gasteiger partial charge on any atom is 0.153 e. The van der Waals surface area contributed by atoms with Gasteiger partial charge in [-0.2, -0.15) is 0 Å². The number of nitrogens with one attached hydrogen (secondary N) is 1. The molecule has 0 heterocycles. The van der Waals surface area contributed by atoms with Crippen molar-refractivity contribution in [2.45, 2.75) is 0 Å². The highest BCUT2D eigenvalue weighted by molar-refractivity contribution is 5.83. The third-order valence-corrected chi connectivity index (χ3v) is 1.31. The molecule has 11 heavy (non-hydrogen) atoms. The number of phenolic OH excluding ortho intramolecular Hbond substituents is 1. The van der Waals surface area contributed by atoms with Gasteiger partial charge in [0.15, 0.2) is 12.0 Å². The van der Waals surface area contributed by atoms with Crippen molar-refractivity contribution in [3.05, 3.63) is 23.8 Å². The Kier molecular flexibility index (Phi) is 2.08. The highest BCUT2D eigenvalue weighted by atomic mass is 16.5. The van der Waals surface area contributed by atoms with Crippen molar-refractivity contribution in [2.75, 3.05) is 5.48 Å². The summed E-state index contributed by atoms with van der Waals surface area (Å²) in [5.74, 6) is -0.245. The summed E-state index contributed by atoms with van der Waals surface area (Å²) in [6.45, 7) is 0. The van der Waals surface area contributed by atoms with E-state index in [2.05, 4.69) is 0 Å². The SMILES string of the molecule is O=Cc1cccc(NO)c1O. The summed E-state index contributed by atoms with van der Waals surface area (Å²) in [6, 6.07) is 4.44. The number of hydrogen-bond donors (Lipinski definition) is 3. The molecular formula is C7H7NO3. The van der Waals surface area contributed by atoms with Crippen LogP contribution in [-0.4, -0.2) is 16.6 Å². The molecule has 0 atom stereocenters. The van der Waals surface area contributed by atoms with E-state index in [0.717, 1.165) is 0 Å². The number of carbonyl (C=O) groups excluding carboxylic acids is 1. The second-order valence-electron chi connectivity index (χ2n) is 1.97. The summed E-state index contributed by atoms with van der Waals surface area (Å²) >= 11 is 0. The van der Waals surface area contributed by atoms with Crippen LogP contribution in [0.5, 0.6) is 5.75 Å². The Labute approximate surface area is 63.1 Å². The zero-order valence-electron chi connectivity index (χ0n) is 5.61. The fourth-order valence-corrected chi connectivity index (χ4v) is 0.747. The molecule has 1 rings (SSSR count). The molecule has 4 heteroatoms. The average molecular weight is 153 g/mol. The third kappa shape index (κ3) is 1.30. The highest BCUT2D eigenvalue weighted by Gasteiger charge is 2.03. The molecular weight excluding hydrogens is 146 g/mol. The first-order chi connectivity index (χ1) is 5.29. The lowest BCUT2D eigenvalue weighted by atomic mass is 10.2. The standard InChI is InChI=1S/C7H7NO3/c9-4-5-2-1-3-6(8-11)7(5)10/h1-4,8,10-11H. The third-order valence-electron chi connectivity index (χ3n) is 1.31. The number of hydrogen-bond acceptors (Lipinski definition) is 4. The molecule has 3 N–H and O–H groups in total. The summed E-state index contributed by atoms with van der Waals surface area (Å²) in [5, 5.41) is 17.5. The largest absolute Gasteiger partial charge is 0.505 e. The van der Waals surface area contributed by atoms with Gasteiger partial charge in [-0.25, -0.2) is 0 Å². The fraction of sp³-hybridized carbons (Fsp3) is 0. The monoisotopic (exact) mass is 153 g/mol. The zero-order valence-corrected chi connectivity index (χ0v) is 5.61. The van der Waals surface area contributed by atoms with Crippen LogP contribution in [0.3, 0.4) is 0 Å². The molecule has 0 saturated carbocycles. The van der Waals surface area contributed by atoms with E-state index < -0.39 is 0 Å². The first kappa shape index (κ1) is 7.56. The van der Waals surface area contributed by atoms with E-state index in [9.17, 15) is 4.79 Å². The molecule has 0 aliphatic heterocycles. The van der Waals surface area contributed by atoms with Crippen molar-refractivity contribution in [2.24, 2.45) is 0 Å². The molecule has 58 valence electrons. The van der Waals surface area contributed by atoms with Crippen LogP contribution in [0.15, 0.2) is 18.2 Å². The Morgan fingerprint density at radius 3 is 2.73 bits per heavy atom. The minimum absolute atomic E-state index is 0.120. The smallest absolute Gasteiger partial charge is 0.153 e. The van der Waals surface area contributed by atoms with Crippen LogP contribution in [0.4, 0.5) is 5.69 Å². The number of aldehydes is 1. The second-order valence-corrected chi connectivity index (χ2v) is 1.97. The van der Waals surface area contributed by atoms with Crippen LogP contribution >= 0.6 is 0 Å². The molecule has 0 aliphatic rings. The average Bonchev–Trinajstić information content (AvgIpc) is 2.05. The summed E-state index contributed by atoms with van der Waals surface area (Å²) < 4.78 is 0. The number of aromatic hydroxyl groups is 1. The van der Waals surface area contributed by atoms with Gasteiger partial charge in [-0.1, -0.05) is 6.07 Å². The van der Waals surface area contributed by atoms with E-state index in [1.165, 1.54) is 12.1 Å². The lowest BCUT2D eigenvalue weighted by Crippen LogP contribution is -1.91. The summed E-state index contributed by atoms with van der Waals surface area (Å²) in [4.78, 5) is 10.2. The molecule has 0 unspecified atom stereocenters. The number of phenols is 1. The quantitative estimate of drug-likeness (QED) is 0.337. The first-order valence-corrected chi connectivity index (χ1v) is 2.97. The molecule has 0 radical (unpaired) electrons. The van der Waals surface area contributed by atoms with Crippen molar-refractivity contribution in [1.29, 1.82) is 0 Å². The van der Waals surface area contributed by atoms with Crippen LogP contribution < -0.4 is 5.48 Å². The van der Waals surface area contributed by atoms with Gasteiger partial charge in [-0.15, -0.1) is 0 Å². The molecule has 0 saturated heterocycles. The molecule has 1 aromatic rings. The van der Waals surface area contributed by atoms with E-state index in [1.807, 2.05) is 0 Å². The van der Waals surface area contributed by atoms with Gasteiger partial charge in [-0.05, 0) is 12.1 Å². The summed E-state index contributed by atoms with van der Waals surface area (Å²) in [5.41, 5.74) is 2.02. The van der Waals surface area contributed by atoms with Crippen LogP contribution in [0.25, 0.3) is 0 Å². The van der Waals surface area contributed by atoms with Gasteiger partial charge in [0.05, 0.1) is 5.56 Å². The number of para-hydroxylation sites is 1. The van der Waals surface area contributed by atoms with Crippen LogP contribution in [0.1, 0.15) is 10.4 Å². The van der Waals surface area contributed by atoms with Gasteiger partial charge in [0.2, 0.25) is 0 Å². The summed E-state index contributed by atoms with van der Waals surface area (Å²) in [7, 11) is 0. The Bertz CT molecular complexity index is 272. The second kappa shape index (κ2) is 3.03. The van der Waals surface area contributed by atoms with Crippen LogP contribution in [0, 0.1) is 0 Å². The normalized spacial score (nSPS) is 9.18. The van der Waals surface area contributed by atoms with E-state index in [0.29, 0.717) is 6.29 Å². The van der Waals surface area contributed by atoms with Crippen LogP contribution in [0.2, 0.25) is 0 Å². The number of anilines is 1. The van der Waals surface area contributed by atoms with E-state index in [1.54, 1.807) is 11.5 Å². The minimum Gasteiger partial charge on any atom is -0.505 e. The zero-order chi connectivity index (χ0) is 8.27. The minimum atomic E-state index is -0.245. The maximum atomic E-state index is 10.2. The van der Waals surface area contributed by atoms with E-state index >= 15 is 0 Å².